The van der Waals surface area contributed by atoms with Crippen LogP contribution in [0.2, 0.25) is 0 Å². The lowest BCUT2D eigenvalue weighted by Crippen LogP contribution is -2.45. The lowest BCUT2D eigenvalue weighted by Gasteiger charge is -2.36. The summed E-state index contributed by atoms with van der Waals surface area (Å²) in [6.07, 6.45) is 9.46. The Morgan fingerprint density at radius 1 is 1.27 bits per heavy atom. The van der Waals surface area contributed by atoms with Gasteiger partial charge in [-0.3, -0.25) is 14.5 Å². The summed E-state index contributed by atoms with van der Waals surface area (Å²) in [5.74, 6) is 0.506. The highest BCUT2D eigenvalue weighted by Gasteiger charge is 2.25. The van der Waals surface area contributed by atoms with Crippen LogP contribution in [0.5, 0.6) is 0 Å². The van der Waals surface area contributed by atoms with E-state index in [0.29, 0.717) is 30.4 Å². The number of ketones is 1. The summed E-state index contributed by atoms with van der Waals surface area (Å²) < 4.78 is 1.99. The summed E-state index contributed by atoms with van der Waals surface area (Å²) in [4.78, 5) is 28.4. The molecule has 1 saturated heterocycles. The number of anilines is 2. The molecule has 1 fully saturated rings. The molecule has 0 aliphatic carbocycles. The molecule has 9 heteroatoms. The van der Waals surface area contributed by atoms with Crippen LogP contribution in [0.4, 0.5) is 11.6 Å². The van der Waals surface area contributed by atoms with Crippen LogP contribution in [0, 0.1) is 6.92 Å². The van der Waals surface area contributed by atoms with E-state index in [0.717, 1.165) is 41.2 Å². The largest absolute Gasteiger partial charge is 0.404 e. The van der Waals surface area contributed by atoms with Crippen LogP contribution in [0.3, 0.4) is 0 Å². The van der Waals surface area contributed by atoms with Gasteiger partial charge in [-0.1, -0.05) is 12.1 Å². The number of nitrogens with two attached hydrogens (primary N) is 1. The van der Waals surface area contributed by atoms with Gasteiger partial charge >= 0.3 is 0 Å². The molecular formula is C28H36N8O. The number of carbonyl (C=O) groups excluding carboxylic acids is 1. The zero-order valence-electron chi connectivity index (χ0n) is 22.3. The number of hydrogen-bond donors (Lipinski definition) is 2. The smallest absolute Gasteiger partial charge is 0.227 e. The van der Waals surface area contributed by atoms with Gasteiger partial charge in [0, 0.05) is 49.9 Å². The van der Waals surface area contributed by atoms with E-state index in [4.69, 9.17) is 10.7 Å². The summed E-state index contributed by atoms with van der Waals surface area (Å²) in [5, 5.41) is 7.73. The van der Waals surface area contributed by atoms with E-state index in [-0.39, 0.29) is 11.3 Å². The quantitative estimate of drug-likeness (QED) is 0.336. The van der Waals surface area contributed by atoms with Gasteiger partial charge in [0.1, 0.15) is 0 Å². The Labute approximate surface area is 218 Å². The van der Waals surface area contributed by atoms with Crippen LogP contribution in [0.15, 0.2) is 59.6 Å². The van der Waals surface area contributed by atoms with E-state index in [1.54, 1.807) is 18.6 Å². The van der Waals surface area contributed by atoms with Crippen molar-refractivity contribution in [2.24, 2.45) is 10.7 Å². The number of aryl methyl sites for hydroxylation is 2. The summed E-state index contributed by atoms with van der Waals surface area (Å²) in [6, 6.07) is 8.49. The predicted molar refractivity (Wildman–Crippen MR) is 148 cm³/mol. The minimum absolute atomic E-state index is 0.0156. The van der Waals surface area contributed by atoms with Gasteiger partial charge in [-0.25, -0.2) is 9.97 Å². The van der Waals surface area contributed by atoms with Crippen LogP contribution in [0.25, 0.3) is 11.3 Å². The number of allylic oxidation sites excluding steroid dienone is 1. The zero-order valence-corrected chi connectivity index (χ0v) is 22.3. The Bertz CT molecular complexity index is 1310. The molecule has 1 aliphatic heterocycles. The fraction of sp³-hybridized carbons (Fsp3) is 0.393. The Kier molecular flexibility index (Phi) is 7.83. The number of likely N-dealkylation sites (tertiary alicyclic amines) is 1. The fourth-order valence-corrected chi connectivity index (χ4v) is 4.14. The number of aromatic nitrogens is 4. The molecule has 4 rings (SSSR count). The number of nitrogens with zero attached hydrogens (tertiary/aromatic N) is 6. The number of benzene rings is 1. The Morgan fingerprint density at radius 3 is 2.73 bits per heavy atom. The van der Waals surface area contributed by atoms with E-state index in [2.05, 4.69) is 51.4 Å². The van der Waals surface area contributed by atoms with Crippen molar-refractivity contribution >= 4 is 23.6 Å². The van der Waals surface area contributed by atoms with Crippen LogP contribution >= 0.6 is 0 Å². The van der Waals surface area contributed by atoms with Crippen LogP contribution < -0.4 is 11.1 Å². The highest BCUT2D eigenvalue weighted by atomic mass is 16.1. The van der Waals surface area contributed by atoms with Crippen molar-refractivity contribution < 1.29 is 4.79 Å². The Morgan fingerprint density at radius 2 is 2.05 bits per heavy atom. The molecule has 3 heterocycles. The highest BCUT2D eigenvalue weighted by Crippen LogP contribution is 2.24. The van der Waals surface area contributed by atoms with Gasteiger partial charge in [0.15, 0.2) is 5.78 Å². The first-order chi connectivity index (χ1) is 17.6. The summed E-state index contributed by atoms with van der Waals surface area (Å²) >= 11 is 0. The molecule has 194 valence electrons. The lowest BCUT2D eigenvalue weighted by molar-refractivity contribution is -0.115. The number of aliphatic imine (C=N–C) groups is 1. The second kappa shape index (κ2) is 11.0. The molecule has 1 aliphatic rings. The number of Topliss-reactive ketones (excluding diaryl/α,β-unsaturated/α-hetero) is 1. The standard InChI is InChI=1S/C28H36N8O/c1-19-12-21(7-6-20(19)8-9-26(37)22(13-29)14-31-28(2,3)4)25-10-11-30-27(34-25)33-23-15-32-36(16-23)24-17-35(5)18-24/h6-7,10-16,24H,8-9,17-18,29H2,1-5H3,(H,30,33,34). The van der Waals surface area contributed by atoms with Gasteiger partial charge in [0.05, 0.1) is 34.7 Å². The third kappa shape index (κ3) is 6.89. The van der Waals surface area contributed by atoms with Gasteiger partial charge in [0.2, 0.25) is 5.95 Å². The molecule has 3 aromatic rings. The monoisotopic (exact) mass is 500 g/mol. The van der Waals surface area contributed by atoms with Gasteiger partial charge in [0.25, 0.3) is 0 Å². The van der Waals surface area contributed by atoms with Crippen molar-refractivity contribution in [1.82, 2.24) is 24.6 Å². The molecule has 0 unspecified atom stereocenters. The van der Waals surface area contributed by atoms with E-state index < -0.39 is 0 Å². The number of carbonyl (C=O) groups is 1. The molecule has 9 nitrogen and oxygen atoms in total. The van der Waals surface area contributed by atoms with Crippen molar-refractivity contribution in [3.63, 3.8) is 0 Å². The molecule has 0 atom stereocenters. The summed E-state index contributed by atoms with van der Waals surface area (Å²) in [6.45, 7) is 10.0. The molecule has 0 saturated carbocycles. The van der Waals surface area contributed by atoms with Crippen LogP contribution in [0.1, 0.15) is 44.4 Å². The van der Waals surface area contributed by atoms with Gasteiger partial charge < -0.3 is 16.0 Å². The van der Waals surface area contributed by atoms with Crippen molar-refractivity contribution in [3.05, 3.63) is 65.8 Å². The third-order valence-electron chi connectivity index (χ3n) is 6.28. The van der Waals surface area contributed by atoms with Crippen LogP contribution in [-0.4, -0.2) is 62.3 Å². The van der Waals surface area contributed by atoms with Gasteiger partial charge in [-0.2, -0.15) is 5.10 Å². The molecule has 0 radical (unpaired) electrons. The maximum atomic E-state index is 12.7. The lowest BCUT2D eigenvalue weighted by atomic mass is 9.97. The first-order valence-electron chi connectivity index (χ1n) is 12.5. The van der Waals surface area contributed by atoms with E-state index in [1.807, 2.05) is 43.8 Å². The predicted octanol–water partition coefficient (Wildman–Crippen LogP) is 4.09. The average Bonchev–Trinajstić information content (AvgIpc) is 3.29. The third-order valence-corrected chi connectivity index (χ3v) is 6.28. The van der Waals surface area contributed by atoms with Crippen molar-refractivity contribution in [2.75, 3.05) is 25.5 Å². The van der Waals surface area contributed by atoms with E-state index in [9.17, 15) is 4.79 Å². The van der Waals surface area contributed by atoms with Crippen molar-refractivity contribution in [1.29, 1.82) is 0 Å². The fourth-order valence-electron chi connectivity index (χ4n) is 4.14. The number of hydrogen-bond acceptors (Lipinski definition) is 8. The molecule has 37 heavy (non-hydrogen) atoms. The molecule has 0 bridgehead atoms. The minimum Gasteiger partial charge on any atom is -0.404 e. The molecule has 3 N–H and O–H groups in total. The highest BCUT2D eigenvalue weighted by molar-refractivity contribution is 6.13. The van der Waals surface area contributed by atoms with E-state index in [1.165, 1.54) is 6.20 Å². The maximum absolute atomic E-state index is 12.7. The molecule has 1 aromatic carbocycles. The first kappa shape index (κ1) is 26.2. The van der Waals surface area contributed by atoms with Crippen molar-refractivity contribution in [2.45, 2.75) is 52.1 Å². The van der Waals surface area contributed by atoms with Crippen molar-refractivity contribution in [3.8, 4) is 11.3 Å². The average molecular weight is 501 g/mol. The molecular weight excluding hydrogens is 464 g/mol. The summed E-state index contributed by atoms with van der Waals surface area (Å²) in [7, 11) is 2.10. The molecule has 0 amide bonds. The minimum atomic E-state index is -0.257. The van der Waals surface area contributed by atoms with Gasteiger partial charge in [-0.05, 0) is 64.4 Å². The number of nitrogens with one attached hydrogen (secondary N) is 1. The first-order valence-corrected chi connectivity index (χ1v) is 12.5. The normalized spacial score (nSPS) is 15.2. The van der Waals surface area contributed by atoms with Gasteiger partial charge in [-0.15, -0.1) is 0 Å². The van der Waals surface area contributed by atoms with E-state index >= 15 is 0 Å². The Balaban J connectivity index is 1.39. The Hall–Kier alpha value is -3.85. The zero-order chi connectivity index (χ0) is 26.6. The molecule has 2 aromatic heterocycles. The second-order valence-corrected chi connectivity index (χ2v) is 10.6. The SMILES string of the molecule is Cc1cc(-c2ccnc(Nc3cnn(C4CN(C)C4)c3)n2)ccc1CCC(=O)C(C=NC(C)(C)C)=CN. The molecule has 0 spiro atoms. The second-order valence-electron chi connectivity index (χ2n) is 10.6. The number of rotatable bonds is 9. The maximum Gasteiger partial charge on any atom is 0.227 e. The van der Waals surface area contributed by atoms with Crippen LogP contribution in [-0.2, 0) is 11.2 Å². The summed E-state index contributed by atoms with van der Waals surface area (Å²) in [5.41, 5.74) is 10.8. The topological polar surface area (TPSA) is 114 Å². The number of likely N-dealkylation sites (N-methyl/N-ethyl adjacent to an activating group) is 1.